The van der Waals surface area contributed by atoms with Crippen LogP contribution >= 0.6 is 0 Å². The maximum atomic E-state index is 9.17. The molecular formula is C10H15NO. The van der Waals surface area contributed by atoms with E-state index >= 15 is 0 Å². The fraction of sp³-hybridized carbons (Fsp3) is 0.800. The number of nitrogens with one attached hydrogen (secondary N) is 1. The first-order valence-electron chi connectivity index (χ1n) is 4.63. The molecule has 2 heterocycles. The van der Waals surface area contributed by atoms with Gasteiger partial charge in [0.05, 0.1) is 0 Å². The van der Waals surface area contributed by atoms with Gasteiger partial charge in [0.2, 0.25) is 0 Å². The molecule has 2 aliphatic rings. The van der Waals surface area contributed by atoms with Gasteiger partial charge in [-0.2, -0.15) is 0 Å². The van der Waals surface area contributed by atoms with Crippen molar-refractivity contribution in [3.63, 3.8) is 0 Å². The second kappa shape index (κ2) is 2.76. The Hall–Kier alpha value is -0.520. The van der Waals surface area contributed by atoms with Gasteiger partial charge in [-0.25, -0.2) is 0 Å². The molecule has 2 bridgehead atoms. The molecule has 0 spiro atoms. The Morgan fingerprint density at radius 2 is 2.50 bits per heavy atom. The first kappa shape index (κ1) is 8.10. The monoisotopic (exact) mass is 165 g/mol. The van der Waals surface area contributed by atoms with Gasteiger partial charge in [0, 0.05) is 30.5 Å². The molecule has 2 rings (SSSR count). The van der Waals surface area contributed by atoms with Gasteiger partial charge >= 0.3 is 0 Å². The van der Waals surface area contributed by atoms with Crippen LogP contribution in [0, 0.1) is 18.3 Å². The van der Waals surface area contributed by atoms with Crippen LogP contribution in [-0.4, -0.2) is 23.3 Å². The SMILES string of the molecule is C#CCC12CCC(CC1CO)N2. The van der Waals surface area contributed by atoms with E-state index in [0.29, 0.717) is 12.0 Å². The van der Waals surface area contributed by atoms with Gasteiger partial charge in [-0.3, -0.25) is 0 Å². The van der Waals surface area contributed by atoms with Crippen LogP contribution in [-0.2, 0) is 0 Å². The largest absolute Gasteiger partial charge is 0.396 e. The molecule has 12 heavy (non-hydrogen) atoms. The van der Waals surface area contributed by atoms with E-state index in [0.717, 1.165) is 19.3 Å². The fourth-order valence-electron chi connectivity index (χ4n) is 2.77. The van der Waals surface area contributed by atoms with Gasteiger partial charge in [-0.05, 0) is 19.3 Å². The predicted octanol–water partition coefficient (Wildman–Crippen LogP) is 0.513. The summed E-state index contributed by atoms with van der Waals surface area (Å²) in [4.78, 5) is 0. The number of hydrogen-bond acceptors (Lipinski definition) is 2. The highest BCUT2D eigenvalue weighted by atomic mass is 16.3. The van der Waals surface area contributed by atoms with E-state index in [1.54, 1.807) is 0 Å². The van der Waals surface area contributed by atoms with Crippen molar-refractivity contribution < 1.29 is 5.11 Å². The summed E-state index contributed by atoms with van der Waals surface area (Å²) in [7, 11) is 0. The second-order valence-corrected chi connectivity index (χ2v) is 4.03. The van der Waals surface area contributed by atoms with E-state index < -0.39 is 0 Å². The van der Waals surface area contributed by atoms with Crippen molar-refractivity contribution in [1.82, 2.24) is 5.32 Å². The van der Waals surface area contributed by atoms with E-state index in [-0.39, 0.29) is 12.1 Å². The quantitative estimate of drug-likeness (QED) is 0.584. The Morgan fingerprint density at radius 3 is 3.08 bits per heavy atom. The summed E-state index contributed by atoms with van der Waals surface area (Å²) in [5.74, 6) is 3.11. The third-order valence-electron chi connectivity index (χ3n) is 3.42. The summed E-state index contributed by atoms with van der Waals surface area (Å²) in [6.45, 7) is 0.283. The minimum absolute atomic E-state index is 0.0914. The van der Waals surface area contributed by atoms with Gasteiger partial charge in [0.1, 0.15) is 0 Å². The molecule has 2 saturated heterocycles. The zero-order chi connectivity index (χ0) is 8.60. The van der Waals surface area contributed by atoms with Gasteiger partial charge in [0.15, 0.2) is 0 Å². The summed E-state index contributed by atoms with van der Waals surface area (Å²) in [5, 5.41) is 12.7. The third kappa shape index (κ3) is 0.972. The fourth-order valence-corrected chi connectivity index (χ4v) is 2.77. The lowest BCUT2D eigenvalue weighted by molar-refractivity contribution is 0.154. The highest BCUT2D eigenvalue weighted by Gasteiger charge is 2.50. The van der Waals surface area contributed by atoms with Crippen LogP contribution in [0.3, 0.4) is 0 Å². The Labute approximate surface area is 73.4 Å². The smallest absolute Gasteiger partial charge is 0.0477 e. The maximum absolute atomic E-state index is 9.17. The van der Waals surface area contributed by atoms with Crippen molar-refractivity contribution in [2.75, 3.05) is 6.61 Å². The summed E-state index contributed by atoms with van der Waals surface area (Å²) >= 11 is 0. The number of aliphatic hydroxyl groups is 1. The molecular weight excluding hydrogens is 150 g/mol. The molecule has 66 valence electrons. The molecule has 0 aromatic rings. The van der Waals surface area contributed by atoms with E-state index in [2.05, 4.69) is 11.2 Å². The lowest BCUT2D eigenvalue weighted by Gasteiger charge is -2.31. The summed E-state index contributed by atoms with van der Waals surface area (Å²) in [6.07, 6.45) is 9.59. The minimum Gasteiger partial charge on any atom is -0.396 e. The van der Waals surface area contributed by atoms with E-state index in [1.807, 2.05) is 0 Å². The topological polar surface area (TPSA) is 32.3 Å². The summed E-state index contributed by atoms with van der Waals surface area (Å²) < 4.78 is 0. The Morgan fingerprint density at radius 1 is 1.67 bits per heavy atom. The van der Waals surface area contributed by atoms with Crippen LogP contribution in [0.2, 0.25) is 0 Å². The maximum Gasteiger partial charge on any atom is 0.0477 e. The predicted molar refractivity (Wildman–Crippen MR) is 47.5 cm³/mol. The molecule has 2 N–H and O–H groups in total. The molecule has 0 aromatic carbocycles. The van der Waals surface area contributed by atoms with Crippen LogP contribution in [0.4, 0.5) is 0 Å². The number of rotatable bonds is 2. The van der Waals surface area contributed by atoms with Gasteiger partial charge in [0.25, 0.3) is 0 Å². The van der Waals surface area contributed by atoms with Crippen LogP contribution in [0.25, 0.3) is 0 Å². The van der Waals surface area contributed by atoms with Gasteiger partial charge < -0.3 is 10.4 Å². The van der Waals surface area contributed by atoms with Crippen molar-refractivity contribution in [2.24, 2.45) is 5.92 Å². The normalized spacial score (nSPS) is 44.7. The lowest BCUT2D eigenvalue weighted by atomic mass is 9.76. The minimum atomic E-state index is 0.0914. The number of aliphatic hydroxyl groups excluding tert-OH is 1. The first-order chi connectivity index (χ1) is 5.80. The molecule has 2 nitrogen and oxygen atoms in total. The van der Waals surface area contributed by atoms with Crippen molar-refractivity contribution in [2.45, 2.75) is 37.3 Å². The molecule has 0 amide bonds. The summed E-state index contributed by atoms with van der Waals surface area (Å²) in [5.41, 5.74) is 0.0914. The number of terminal acetylenes is 1. The molecule has 3 unspecified atom stereocenters. The van der Waals surface area contributed by atoms with Crippen molar-refractivity contribution in [1.29, 1.82) is 0 Å². The average molecular weight is 165 g/mol. The Balaban J connectivity index is 2.15. The molecule has 2 fully saturated rings. The van der Waals surface area contributed by atoms with Crippen LogP contribution in [0.5, 0.6) is 0 Å². The van der Waals surface area contributed by atoms with Crippen LogP contribution < -0.4 is 5.32 Å². The summed E-state index contributed by atoms with van der Waals surface area (Å²) in [6, 6.07) is 0.621. The molecule has 0 radical (unpaired) electrons. The first-order valence-corrected chi connectivity index (χ1v) is 4.63. The zero-order valence-corrected chi connectivity index (χ0v) is 7.21. The Bertz CT molecular complexity index is 220. The highest BCUT2D eigenvalue weighted by Crippen LogP contribution is 2.43. The molecule has 0 aromatic heterocycles. The van der Waals surface area contributed by atoms with E-state index in [9.17, 15) is 5.11 Å². The standard InChI is InChI=1S/C10H15NO/c1-2-4-10-5-3-9(11-10)6-8(10)7-12/h1,8-9,11-12H,3-7H2. The third-order valence-corrected chi connectivity index (χ3v) is 3.42. The molecule has 0 saturated carbocycles. The molecule has 3 atom stereocenters. The second-order valence-electron chi connectivity index (χ2n) is 4.03. The molecule has 0 aliphatic carbocycles. The molecule has 2 heteroatoms. The van der Waals surface area contributed by atoms with Crippen molar-refractivity contribution >= 4 is 0 Å². The highest BCUT2D eigenvalue weighted by molar-refractivity contribution is 5.13. The molecule has 2 aliphatic heterocycles. The van der Waals surface area contributed by atoms with Crippen LogP contribution in [0.15, 0.2) is 0 Å². The van der Waals surface area contributed by atoms with Gasteiger partial charge in [-0.1, -0.05) is 0 Å². The van der Waals surface area contributed by atoms with Crippen molar-refractivity contribution in [3.05, 3.63) is 0 Å². The van der Waals surface area contributed by atoms with Crippen LogP contribution in [0.1, 0.15) is 25.7 Å². The lowest BCUT2D eigenvalue weighted by Crippen LogP contribution is -2.42. The Kier molecular flexibility index (Phi) is 1.86. The number of hydrogen-bond donors (Lipinski definition) is 2. The van der Waals surface area contributed by atoms with Gasteiger partial charge in [-0.15, -0.1) is 12.3 Å². The number of fused-ring (bicyclic) bond motifs is 2. The van der Waals surface area contributed by atoms with E-state index in [1.165, 1.54) is 6.42 Å². The average Bonchev–Trinajstić information content (AvgIpc) is 2.60. The van der Waals surface area contributed by atoms with E-state index in [4.69, 9.17) is 6.42 Å². The zero-order valence-electron chi connectivity index (χ0n) is 7.21. The van der Waals surface area contributed by atoms with Crippen molar-refractivity contribution in [3.8, 4) is 12.3 Å².